The molecule has 0 unspecified atom stereocenters. The Labute approximate surface area is 104 Å². The zero-order valence-electron chi connectivity index (χ0n) is 11.6. The average molecular weight is 236 g/mol. The largest absolute Gasteiger partial charge is 0.315 e. The Kier molecular flexibility index (Phi) is 4.94. The lowest BCUT2D eigenvalue weighted by atomic mass is 10.1. The van der Waals surface area contributed by atoms with Crippen LogP contribution in [0, 0.1) is 5.92 Å². The van der Waals surface area contributed by atoms with Gasteiger partial charge in [0.1, 0.15) is 0 Å². The summed E-state index contributed by atoms with van der Waals surface area (Å²) in [4.78, 5) is 12.3. The Bertz CT molecular complexity index is 419. The Morgan fingerprint density at radius 2 is 1.88 bits per heavy atom. The molecule has 0 fully saturated rings. The molecule has 1 heterocycles. The summed E-state index contributed by atoms with van der Waals surface area (Å²) in [5.74, 6) is 0.861. The second-order valence-corrected chi connectivity index (χ2v) is 5.28. The molecule has 0 aliphatic carbocycles. The van der Waals surface area contributed by atoms with Gasteiger partial charge < -0.3 is 9.88 Å². The van der Waals surface area contributed by atoms with E-state index < -0.39 is 0 Å². The molecular formula is C14H24N2O. The normalized spacial score (nSPS) is 11.5. The SMILES string of the molecule is CNCc1ccc(C(C)C)n(CC(C)C)c1=O. The lowest BCUT2D eigenvalue weighted by molar-refractivity contribution is 0.484. The lowest BCUT2D eigenvalue weighted by Crippen LogP contribution is -2.30. The third kappa shape index (κ3) is 3.43. The molecule has 0 aliphatic heterocycles. The molecule has 0 saturated heterocycles. The van der Waals surface area contributed by atoms with Crippen molar-refractivity contribution >= 4 is 0 Å². The molecule has 17 heavy (non-hydrogen) atoms. The number of aromatic nitrogens is 1. The first-order valence-corrected chi connectivity index (χ1v) is 6.34. The van der Waals surface area contributed by atoms with E-state index in [0.717, 1.165) is 17.8 Å². The van der Waals surface area contributed by atoms with Crippen molar-refractivity contribution in [3.8, 4) is 0 Å². The van der Waals surface area contributed by atoms with Crippen molar-refractivity contribution in [3.05, 3.63) is 33.7 Å². The quantitative estimate of drug-likeness (QED) is 0.851. The maximum atomic E-state index is 12.3. The van der Waals surface area contributed by atoms with Crippen molar-refractivity contribution in [2.24, 2.45) is 5.92 Å². The van der Waals surface area contributed by atoms with Crippen LogP contribution in [0.4, 0.5) is 0 Å². The van der Waals surface area contributed by atoms with Crippen LogP contribution in [0.3, 0.4) is 0 Å². The van der Waals surface area contributed by atoms with Gasteiger partial charge in [-0.15, -0.1) is 0 Å². The van der Waals surface area contributed by atoms with Gasteiger partial charge in [-0.3, -0.25) is 4.79 Å². The molecule has 3 nitrogen and oxygen atoms in total. The minimum Gasteiger partial charge on any atom is -0.315 e. The van der Waals surface area contributed by atoms with Crippen LogP contribution in [0.2, 0.25) is 0 Å². The summed E-state index contributed by atoms with van der Waals surface area (Å²) < 4.78 is 1.93. The smallest absolute Gasteiger partial charge is 0.255 e. The Hall–Kier alpha value is -1.09. The average Bonchev–Trinajstić information content (AvgIpc) is 2.23. The minimum absolute atomic E-state index is 0.152. The molecule has 0 bridgehead atoms. The third-order valence-corrected chi connectivity index (χ3v) is 2.79. The fraction of sp³-hybridized carbons (Fsp3) is 0.643. The molecule has 0 saturated carbocycles. The van der Waals surface area contributed by atoms with Crippen LogP contribution < -0.4 is 10.9 Å². The third-order valence-electron chi connectivity index (χ3n) is 2.79. The monoisotopic (exact) mass is 236 g/mol. The van der Waals surface area contributed by atoms with Crippen LogP contribution in [-0.2, 0) is 13.1 Å². The first kappa shape index (κ1) is 14.0. The predicted octanol–water partition coefficient (Wildman–Crippen LogP) is 2.35. The Balaban J connectivity index is 3.26. The summed E-state index contributed by atoms with van der Waals surface area (Å²) in [7, 11) is 1.86. The maximum Gasteiger partial charge on any atom is 0.255 e. The van der Waals surface area contributed by atoms with Crippen molar-refractivity contribution in [2.75, 3.05) is 7.05 Å². The molecule has 3 heteroatoms. The van der Waals surface area contributed by atoms with Gasteiger partial charge in [0.15, 0.2) is 0 Å². The Morgan fingerprint density at radius 3 is 2.35 bits per heavy atom. The number of pyridine rings is 1. The molecule has 0 radical (unpaired) electrons. The van der Waals surface area contributed by atoms with E-state index in [2.05, 4.69) is 39.1 Å². The van der Waals surface area contributed by atoms with Crippen LogP contribution in [0.5, 0.6) is 0 Å². The van der Waals surface area contributed by atoms with Crippen molar-refractivity contribution in [1.29, 1.82) is 0 Å². The van der Waals surface area contributed by atoms with Gasteiger partial charge in [0.25, 0.3) is 5.56 Å². The van der Waals surface area contributed by atoms with E-state index in [4.69, 9.17) is 0 Å². The molecule has 0 atom stereocenters. The summed E-state index contributed by atoms with van der Waals surface area (Å²) in [5, 5.41) is 3.04. The molecule has 0 amide bonds. The highest BCUT2D eigenvalue weighted by atomic mass is 16.1. The number of nitrogens with one attached hydrogen (secondary N) is 1. The number of hydrogen-bond acceptors (Lipinski definition) is 2. The van der Waals surface area contributed by atoms with Gasteiger partial charge in [0.2, 0.25) is 0 Å². The highest BCUT2D eigenvalue weighted by Gasteiger charge is 2.11. The van der Waals surface area contributed by atoms with Gasteiger partial charge in [0.05, 0.1) is 0 Å². The number of nitrogens with zero attached hydrogens (tertiary/aromatic N) is 1. The molecule has 1 aromatic heterocycles. The van der Waals surface area contributed by atoms with Gasteiger partial charge in [0, 0.05) is 24.3 Å². The minimum atomic E-state index is 0.152. The van der Waals surface area contributed by atoms with Gasteiger partial charge >= 0.3 is 0 Å². The lowest BCUT2D eigenvalue weighted by Gasteiger charge is -2.18. The number of rotatable bonds is 5. The first-order valence-electron chi connectivity index (χ1n) is 6.34. The van der Waals surface area contributed by atoms with E-state index in [1.807, 2.05) is 17.7 Å². The zero-order valence-corrected chi connectivity index (χ0v) is 11.6. The number of hydrogen-bond donors (Lipinski definition) is 1. The molecule has 1 rings (SSSR count). The molecular weight excluding hydrogens is 212 g/mol. The first-order chi connectivity index (χ1) is 7.97. The summed E-state index contributed by atoms with van der Waals surface area (Å²) >= 11 is 0. The summed E-state index contributed by atoms with van der Waals surface area (Å²) in [6, 6.07) is 4.03. The summed E-state index contributed by atoms with van der Waals surface area (Å²) in [6.45, 7) is 9.97. The van der Waals surface area contributed by atoms with E-state index in [1.54, 1.807) is 0 Å². The van der Waals surface area contributed by atoms with Gasteiger partial charge in [-0.1, -0.05) is 33.8 Å². The molecule has 1 N–H and O–H groups in total. The summed E-state index contributed by atoms with van der Waals surface area (Å²) in [6.07, 6.45) is 0. The maximum absolute atomic E-state index is 12.3. The van der Waals surface area contributed by atoms with E-state index in [9.17, 15) is 4.79 Å². The second kappa shape index (κ2) is 6.01. The van der Waals surface area contributed by atoms with Gasteiger partial charge in [-0.25, -0.2) is 0 Å². The Morgan fingerprint density at radius 1 is 1.24 bits per heavy atom. The predicted molar refractivity (Wildman–Crippen MR) is 72.4 cm³/mol. The second-order valence-electron chi connectivity index (χ2n) is 5.28. The topological polar surface area (TPSA) is 34.0 Å². The van der Waals surface area contributed by atoms with E-state index >= 15 is 0 Å². The fourth-order valence-electron chi connectivity index (χ4n) is 2.02. The van der Waals surface area contributed by atoms with Crippen molar-refractivity contribution in [1.82, 2.24) is 9.88 Å². The molecule has 0 aromatic carbocycles. The fourth-order valence-corrected chi connectivity index (χ4v) is 2.02. The van der Waals surface area contributed by atoms with Crippen LogP contribution in [-0.4, -0.2) is 11.6 Å². The standard InChI is InChI=1S/C14H24N2O/c1-10(2)9-16-13(11(3)4)7-6-12(8-15-5)14(16)17/h6-7,10-11,15H,8-9H2,1-5H3. The molecule has 0 aliphatic rings. The van der Waals surface area contributed by atoms with Crippen molar-refractivity contribution in [3.63, 3.8) is 0 Å². The van der Waals surface area contributed by atoms with Crippen molar-refractivity contribution < 1.29 is 0 Å². The van der Waals surface area contributed by atoms with Crippen LogP contribution in [0.25, 0.3) is 0 Å². The van der Waals surface area contributed by atoms with E-state index in [1.165, 1.54) is 0 Å². The van der Waals surface area contributed by atoms with Crippen LogP contribution in [0.1, 0.15) is 44.9 Å². The van der Waals surface area contributed by atoms with Crippen LogP contribution in [0.15, 0.2) is 16.9 Å². The molecule has 0 spiro atoms. The molecule has 96 valence electrons. The summed E-state index contributed by atoms with van der Waals surface area (Å²) in [5.41, 5.74) is 2.13. The van der Waals surface area contributed by atoms with Crippen molar-refractivity contribution in [2.45, 2.75) is 46.7 Å². The van der Waals surface area contributed by atoms with E-state index in [-0.39, 0.29) is 5.56 Å². The van der Waals surface area contributed by atoms with E-state index in [0.29, 0.717) is 18.4 Å². The zero-order chi connectivity index (χ0) is 13.0. The van der Waals surface area contributed by atoms with Crippen LogP contribution >= 0.6 is 0 Å². The highest BCUT2D eigenvalue weighted by Crippen LogP contribution is 2.14. The van der Waals surface area contributed by atoms with Gasteiger partial charge in [-0.2, -0.15) is 0 Å². The molecule has 1 aromatic rings. The highest BCUT2D eigenvalue weighted by molar-refractivity contribution is 5.18. The van der Waals surface area contributed by atoms with Gasteiger partial charge in [-0.05, 0) is 24.9 Å².